The van der Waals surface area contributed by atoms with E-state index in [1.807, 2.05) is 6.07 Å². The number of imidazole rings is 1. The van der Waals surface area contributed by atoms with Gasteiger partial charge in [0.25, 0.3) is 0 Å². The average Bonchev–Trinajstić information content (AvgIpc) is 2.74. The highest BCUT2D eigenvalue weighted by Gasteiger charge is 2.66. The van der Waals surface area contributed by atoms with E-state index in [2.05, 4.69) is 9.55 Å². The second-order valence-corrected chi connectivity index (χ2v) is 6.45. The van der Waals surface area contributed by atoms with E-state index in [9.17, 15) is 4.39 Å². The first-order valence-corrected chi connectivity index (χ1v) is 7.17. The second-order valence-electron chi connectivity index (χ2n) is 6.45. The van der Waals surface area contributed by atoms with Gasteiger partial charge in [0.05, 0.1) is 11.0 Å². The summed E-state index contributed by atoms with van der Waals surface area (Å²) in [5.74, 6) is 3.73. The molecule has 2 aromatic rings. The van der Waals surface area contributed by atoms with Gasteiger partial charge in [-0.05, 0) is 55.1 Å². The van der Waals surface area contributed by atoms with Crippen LogP contribution in [0.3, 0.4) is 0 Å². The zero-order chi connectivity index (χ0) is 12.7. The van der Waals surface area contributed by atoms with Gasteiger partial charge < -0.3 is 10.3 Å². The molecular formula is C15H16FN3. The summed E-state index contributed by atoms with van der Waals surface area (Å²) in [6, 6.07) is 5.34. The highest BCUT2D eigenvalue weighted by atomic mass is 19.1. The van der Waals surface area contributed by atoms with Gasteiger partial charge in [0.1, 0.15) is 5.82 Å². The van der Waals surface area contributed by atoms with Gasteiger partial charge in [-0.2, -0.15) is 0 Å². The molecule has 3 nitrogen and oxygen atoms in total. The SMILES string of the molecule is Nc1nc2cc(F)ccc2n1C1C2C3CCC(C3)C21. The molecule has 3 fully saturated rings. The van der Waals surface area contributed by atoms with Crippen molar-refractivity contribution >= 4 is 17.0 Å². The van der Waals surface area contributed by atoms with Gasteiger partial charge in [-0.3, -0.25) is 0 Å². The van der Waals surface area contributed by atoms with E-state index in [1.165, 1.54) is 31.4 Å². The van der Waals surface area contributed by atoms with E-state index in [4.69, 9.17) is 5.73 Å². The summed E-state index contributed by atoms with van der Waals surface area (Å²) in [7, 11) is 0. The Hall–Kier alpha value is -1.58. The van der Waals surface area contributed by atoms with E-state index >= 15 is 0 Å². The summed E-state index contributed by atoms with van der Waals surface area (Å²) in [5, 5.41) is 0. The van der Waals surface area contributed by atoms with Crippen molar-refractivity contribution in [2.75, 3.05) is 5.73 Å². The maximum atomic E-state index is 13.3. The number of fused-ring (bicyclic) bond motifs is 6. The van der Waals surface area contributed by atoms with Crippen LogP contribution in [0.15, 0.2) is 18.2 Å². The number of rotatable bonds is 1. The predicted molar refractivity (Wildman–Crippen MR) is 71.0 cm³/mol. The van der Waals surface area contributed by atoms with Gasteiger partial charge in [0.2, 0.25) is 5.95 Å². The molecule has 3 aliphatic carbocycles. The number of hydrogen-bond donors (Lipinski definition) is 1. The van der Waals surface area contributed by atoms with Crippen LogP contribution < -0.4 is 5.73 Å². The Morgan fingerprint density at radius 3 is 2.68 bits per heavy atom. The summed E-state index contributed by atoms with van der Waals surface area (Å²) in [6.07, 6.45) is 4.21. The zero-order valence-corrected chi connectivity index (χ0v) is 10.6. The van der Waals surface area contributed by atoms with Crippen LogP contribution >= 0.6 is 0 Å². The minimum atomic E-state index is -0.242. The first-order chi connectivity index (χ1) is 9.24. The maximum Gasteiger partial charge on any atom is 0.201 e. The van der Waals surface area contributed by atoms with E-state index < -0.39 is 0 Å². The Balaban J connectivity index is 1.65. The molecule has 1 aromatic carbocycles. The lowest BCUT2D eigenvalue weighted by Gasteiger charge is -2.12. The zero-order valence-electron chi connectivity index (χ0n) is 10.6. The topological polar surface area (TPSA) is 43.8 Å². The first kappa shape index (κ1) is 10.2. The van der Waals surface area contributed by atoms with Gasteiger partial charge in [0, 0.05) is 12.1 Å². The normalized spacial score (nSPS) is 38.9. The number of hydrogen-bond acceptors (Lipinski definition) is 2. The molecule has 4 atom stereocenters. The second kappa shape index (κ2) is 3.11. The third kappa shape index (κ3) is 1.15. The molecule has 0 aliphatic heterocycles. The minimum Gasteiger partial charge on any atom is -0.369 e. The molecule has 0 amide bonds. The molecule has 5 rings (SSSR count). The molecule has 0 spiro atoms. The largest absolute Gasteiger partial charge is 0.369 e. The van der Waals surface area contributed by atoms with Crippen LogP contribution in [0.2, 0.25) is 0 Å². The third-order valence-electron chi connectivity index (χ3n) is 5.67. The van der Waals surface area contributed by atoms with Crippen LogP contribution in [0.1, 0.15) is 25.3 Å². The first-order valence-electron chi connectivity index (χ1n) is 7.17. The van der Waals surface area contributed by atoms with Crippen LogP contribution in [0.4, 0.5) is 10.3 Å². The molecule has 1 heterocycles. The van der Waals surface area contributed by atoms with Crippen molar-refractivity contribution in [1.82, 2.24) is 9.55 Å². The van der Waals surface area contributed by atoms with Gasteiger partial charge in [-0.15, -0.1) is 0 Å². The van der Waals surface area contributed by atoms with Crippen LogP contribution in [-0.2, 0) is 0 Å². The molecule has 4 unspecified atom stereocenters. The monoisotopic (exact) mass is 257 g/mol. The Morgan fingerprint density at radius 1 is 1.21 bits per heavy atom. The smallest absolute Gasteiger partial charge is 0.201 e. The van der Waals surface area contributed by atoms with Crippen molar-refractivity contribution in [1.29, 1.82) is 0 Å². The minimum absolute atomic E-state index is 0.242. The molecular weight excluding hydrogens is 241 g/mol. The van der Waals surface area contributed by atoms with E-state index in [0.29, 0.717) is 17.5 Å². The van der Waals surface area contributed by atoms with Crippen molar-refractivity contribution in [3.8, 4) is 0 Å². The Labute approximate surface area is 110 Å². The van der Waals surface area contributed by atoms with Gasteiger partial charge in [-0.1, -0.05) is 0 Å². The van der Waals surface area contributed by atoms with Crippen molar-refractivity contribution in [3.63, 3.8) is 0 Å². The Morgan fingerprint density at radius 2 is 1.95 bits per heavy atom. The number of anilines is 1. The molecule has 19 heavy (non-hydrogen) atoms. The lowest BCUT2D eigenvalue weighted by molar-refractivity contribution is 0.456. The number of aromatic nitrogens is 2. The average molecular weight is 257 g/mol. The lowest BCUT2D eigenvalue weighted by Crippen LogP contribution is -2.08. The molecule has 4 heteroatoms. The summed E-state index contributed by atoms with van der Waals surface area (Å²) in [4.78, 5) is 4.33. The van der Waals surface area contributed by atoms with Crippen molar-refractivity contribution in [2.45, 2.75) is 25.3 Å². The van der Waals surface area contributed by atoms with Crippen molar-refractivity contribution in [3.05, 3.63) is 24.0 Å². The van der Waals surface area contributed by atoms with Crippen LogP contribution in [0.25, 0.3) is 11.0 Å². The van der Waals surface area contributed by atoms with Gasteiger partial charge in [-0.25, -0.2) is 9.37 Å². The molecule has 3 aliphatic rings. The number of halogens is 1. The number of nitrogen functional groups attached to an aromatic ring is 1. The summed E-state index contributed by atoms with van der Waals surface area (Å²) >= 11 is 0. The molecule has 3 saturated carbocycles. The quantitative estimate of drug-likeness (QED) is 0.853. The molecule has 0 saturated heterocycles. The molecule has 2 N–H and O–H groups in total. The molecule has 98 valence electrons. The van der Waals surface area contributed by atoms with Crippen molar-refractivity contribution < 1.29 is 4.39 Å². The third-order valence-corrected chi connectivity index (χ3v) is 5.67. The summed E-state index contributed by atoms with van der Waals surface area (Å²) < 4.78 is 15.4. The maximum absolute atomic E-state index is 13.3. The predicted octanol–water partition coefficient (Wildman–Crippen LogP) is 2.97. The Bertz CT molecular complexity index is 676. The molecule has 0 radical (unpaired) electrons. The van der Waals surface area contributed by atoms with Gasteiger partial charge in [0.15, 0.2) is 0 Å². The Kier molecular flexibility index (Phi) is 1.68. The summed E-state index contributed by atoms with van der Waals surface area (Å²) in [6.45, 7) is 0. The lowest BCUT2D eigenvalue weighted by atomic mass is 10.0. The number of nitrogens with two attached hydrogens (primary N) is 1. The highest BCUT2D eigenvalue weighted by molar-refractivity contribution is 5.78. The van der Waals surface area contributed by atoms with Gasteiger partial charge >= 0.3 is 0 Å². The van der Waals surface area contributed by atoms with Crippen LogP contribution in [-0.4, -0.2) is 9.55 Å². The summed E-state index contributed by atoms with van der Waals surface area (Å²) in [5.41, 5.74) is 7.78. The van der Waals surface area contributed by atoms with E-state index in [1.54, 1.807) is 0 Å². The van der Waals surface area contributed by atoms with Crippen LogP contribution in [0, 0.1) is 29.5 Å². The fourth-order valence-electron chi connectivity index (χ4n) is 5.03. The fraction of sp³-hybridized carbons (Fsp3) is 0.533. The number of nitrogens with zero attached hydrogens (tertiary/aromatic N) is 2. The van der Waals surface area contributed by atoms with E-state index in [-0.39, 0.29) is 5.82 Å². The van der Waals surface area contributed by atoms with Crippen LogP contribution in [0.5, 0.6) is 0 Å². The van der Waals surface area contributed by atoms with Crippen molar-refractivity contribution in [2.24, 2.45) is 23.7 Å². The molecule has 2 bridgehead atoms. The number of benzene rings is 1. The standard InChI is InChI=1S/C15H16FN3/c16-9-3-4-11-10(6-9)18-15(17)19(11)14-12-7-1-2-8(5-7)13(12)14/h3-4,6-8,12-14H,1-2,5H2,(H2,17,18). The van der Waals surface area contributed by atoms with E-state index in [0.717, 1.165) is 29.2 Å². The highest BCUT2D eigenvalue weighted by Crippen LogP contribution is 2.72. The fourth-order valence-corrected chi connectivity index (χ4v) is 5.03. The molecule has 1 aromatic heterocycles.